The fourth-order valence-electron chi connectivity index (χ4n) is 5.69. The molecule has 1 aliphatic carbocycles. The van der Waals surface area contributed by atoms with Crippen molar-refractivity contribution < 1.29 is 14.0 Å². The number of anilines is 2. The summed E-state index contributed by atoms with van der Waals surface area (Å²) < 4.78 is 13.7. The summed E-state index contributed by atoms with van der Waals surface area (Å²) in [4.78, 5) is 31.2. The smallest absolute Gasteiger partial charge is 0.248 e. The lowest BCUT2D eigenvalue weighted by atomic mass is 9.60. The van der Waals surface area contributed by atoms with Gasteiger partial charge in [-0.3, -0.25) is 19.4 Å². The molecule has 1 amide bonds. The van der Waals surface area contributed by atoms with Gasteiger partial charge in [0.2, 0.25) is 5.91 Å². The van der Waals surface area contributed by atoms with Crippen LogP contribution in [0.1, 0.15) is 32.3 Å². The molecule has 7 heteroatoms. The maximum Gasteiger partial charge on any atom is 0.248 e. The molecule has 5 rings (SSSR count). The van der Waals surface area contributed by atoms with Crippen molar-refractivity contribution in [2.75, 3.05) is 16.3 Å². The third-order valence-electron chi connectivity index (χ3n) is 6.98. The number of Topliss-reactive ketones (excluding diaryl/α,β-unsaturated/α-hetero) is 1. The second-order valence-electron chi connectivity index (χ2n) is 9.81. The maximum atomic E-state index is 14.2. The zero-order valence-corrected chi connectivity index (χ0v) is 19.4. The Morgan fingerprint density at radius 3 is 2.46 bits per heavy atom. The molecule has 3 aliphatic rings. The van der Waals surface area contributed by atoms with E-state index >= 15 is 0 Å². The summed E-state index contributed by atoms with van der Waals surface area (Å²) in [5, 5.41) is 10.4. The van der Waals surface area contributed by atoms with Crippen LogP contribution in [-0.4, -0.2) is 18.2 Å². The number of nitriles is 1. The minimum Gasteiger partial charge on any atom is -0.384 e. The van der Waals surface area contributed by atoms with E-state index in [1.54, 1.807) is 41.3 Å². The zero-order chi connectivity index (χ0) is 25.1. The molecule has 2 N–H and O–H groups in total. The number of nitrogens with zero attached hydrogens (tertiary/aromatic N) is 3. The Morgan fingerprint density at radius 1 is 1.11 bits per heavy atom. The van der Waals surface area contributed by atoms with Crippen LogP contribution in [0.5, 0.6) is 0 Å². The monoisotopic (exact) mass is 466 g/mol. The highest BCUT2D eigenvalue weighted by Crippen LogP contribution is 2.58. The van der Waals surface area contributed by atoms with E-state index in [1.165, 1.54) is 17.0 Å². The SMILES string of the molecule is C#CCN1C(=O)[C@]2(C(C#N)=C(N)N(c3ccc(F)cc3)C3=C2C(=O)CC(C)(C)C3)c2ccccc21. The molecule has 0 fully saturated rings. The number of carbonyl (C=O) groups is 2. The number of nitrogens with two attached hydrogens (primary N) is 1. The third kappa shape index (κ3) is 2.95. The number of carbonyl (C=O) groups excluding carboxylic acids is 2. The van der Waals surface area contributed by atoms with E-state index in [9.17, 15) is 19.2 Å². The van der Waals surface area contributed by atoms with Crippen molar-refractivity contribution >= 4 is 23.1 Å². The highest BCUT2D eigenvalue weighted by atomic mass is 19.1. The van der Waals surface area contributed by atoms with Crippen LogP contribution in [0, 0.1) is 34.9 Å². The van der Waals surface area contributed by atoms with Crippen molar-refractivity contribution in [3.05, 3.63) is 82.6 Å². The van der Waals surface area contributed by atoms with Gasteiger partial charge in [-0.15, -0.1) is 6.42 Å². The first-order chi connectivity index (χ1) is 16.7. The van der Waals surface area contributed by atoms with Crippen molar-refractivity contribution in [2.45, 2.75) is 32.1 Å². The van der Waals surface area contributed by atoms with Crippen LogP contribution in [0.25, 0.3) is 0 Å². The molecule has 0 radical (unpaired) electrons. The quantitative estimate of drug-likeness (QED) is 0.678. The molecule has 2 aromatic carbocycles. The average Bonchev–Trinajstić information content (AvgIpc) is 3.03. The Morgan fingerprint density at radius 2 is 1.80 bits per heavy atom. The number of benzene rings is 2. The predicted octanol–water partition coefficient (Wildman–Crippen LogP) is 3.90. The van der Waals surface area contributed by atoms with Gasteiger partial charge >= 0.3 is 0 Å². The third-order valence-corrected chi connectivity index (χ3v) is 6.98. The van der Waals surface area contributed by atoms with Crippen molar-refractivity contribution in [3.8, 4) is 18.4 Å². The Balaban J connectivity index is 1.90. The van der Waals surface area contributed by atoms with Gasteiger partial charge in [0.15, 0.2) is 5.78 Å². The van der Waals surface area contributed by atoms with Crippen LogP contribution in [0.15, 0.2) is 71.2 Å². The summed E-state index contributed by atoms with van der Waals surface area (Å²) >= 11 is 0. The van der Waals surface area contributed by atoms with Gasteiger partial charge in [0, 0.05) is 34.6 Å². The first kappa shape index (κ1) is 22.4. The number of ketones is 1. The van der Waals surface area contributed by atoms with Gasteiger partial charge in [-0.2, -0.15) is 5.26 Å². The normalized spacial score (nSPS) is 22.8. The molecule has 1 atom stereocenters. The number of para-hydroxylation sites is 1. The summed E-state index contributed by atoms with van der Waals surface area (Å²) in [7, 11) is 0. The van der Waals surface area contributed by atoms with Crippen molar-refractivity contribution in [1.82, 2.24) is 0 Å². The molecular weight excluding hydrogens is 443 g/mol. The minimum atomic E-state index is -1.69. The van der Waals surface area contributed by atoms with Crippen molar-refractivity contribution in [2.24, 2.45) is 11.1 Å². The number of halogens is 1. The number of amides is 1. The minimum absolute atomic E-state index is 0.0137. The number of allylic oxidation sites excluding steroid dienone is 1. The number of hydrogen-bond acceptors (Lipinski definition) is 5. The molecule has 2 aromatic rings. The zero-order valence-electron chi connectivity index (χ0n) is 19.4. The van der Waals surface area contributed by atoms with Gasteiger partial charge in [0.1, 0.15) is 23.1 Å². The number of rotatable bonds is 2. The summed E-state index contributed by atoms with van der Waals surface area (Å²) in [6, 6.07) is 14.9. The van der Waals surface area contributed by atoms with Crippen molar-refractivity contribution in [3.63, 3.8) is 0 Å². The number of fused-ring (bicyclic) bond motifs is 3. The summed E-state index contributed by atoms with van der Waals surface area (Å²) in [5.41, 5.74) is 6.88. The fourth-order valence-corrected chi connectivity index (χ4v) is 5.69. The number of terminal acetylenes is 1. The van der Waals surface area contributed by atoms with Crippen LogP contribution in [0.4, 0.5) is 15.8 Å². The molecule has 35 heavy (non-hydrogen) atoms. The standard InChI is InChI=1S/C28H23FN4O2/c1-4-13-32-21-8-6-5-7-19(21)28(26(32)35)20(16-30)25(31)33(18-11-9-17(29)10-12-18)22-14-27(2,3)15-23(34)24(22)28/h1,5-12H,13-15,31H2,2-3H3/t28-/m0/s1. The largest absolute Gasteiger partial charge is 0.384 e. The van der Waals surface area contributed by atoms with Crippen molar-refractivity contribution in [1.29, 1.82) is 5.26 Å². The Bertz CT molecular complexity index is 1440. The van der Waals surface area contributed by atoms with Gasteiger partial charge < -0.3 is 5.73 Å². The molecule has 174 valence electrons. The van der Waals surface area contributed by atoms with Crippen LogP contribution >= 0.6 is 0 Å². The maximum absolute atomic E-state index is 14.2. The van der Waals surface area contributed by atoms with Gasteiger partial charge in [0.05, 0.1) is 12.1 Å². The fraction of sp³-hybridized carbons (Fsp3) is 0.250. The van der Waals surface area contributed by atoms with E-state index in [0.717, 1.165) is 0 Å². The van der Waals surface area contributed by atoms with Gasteiger partial charge in [-0.25, -0.2) is 4.39 Å². The van der Waals surface area contributed by atoms with Gasteiger partial charge in [0.25, 0.3) is 0 Å². The summed E-state index contributed by atoms with van der Waals surface area (Å²) in [5.74, 6) is 1.43. The van der Waals surface area contributed by atoms with E-state index < -0.39 is 22.6 Å². The van der Waals surface area contributed by atoms with Gasteiger partial charge in [-0.05, 0) is 42.2 Å². The average molecular weight is 467 g/mol. The van der Waals surface area contributed by atoms with Crippen LogP contribution in [0.3, 0.4) is 0 Å². The second-order valence-corrected chi connectivity index (χ2v) is 9.81. The van der Waals surface area contributed by atoms with E-state index in [1.807, 2.05) is 13.8 Å². The van der Waals surface area contributed by atoms with Crippen LogP contribution in [0.2, 0.25) is 0 Å². The molecule has 0 saturated heterocycles. The number of hydrogen-bond donors (Lipinski definition) is 1. The lowest BCUT2D eigenvalue weighted by Crippen LogP contribution is -2.53. The molecule has 0 aromatic heterocycles. The Labute approximate surface area is 203 Å². The molecule has 0 saturated carbocycles. The lowest BCUT2D eigenvalue weighted by Gasteiger charge is -2.47. The Kier molecular flexibility index (Phi) is 4.86. The molecule has 0 bridgehead atoms. The van der Waals surface area contributed by atoms with E-state index in [2.05, 4.69) is 12.0 Å². The first-order valence-electron chi connectivity index (χ1n) is 11.2. The Hall–Kier alpha value is -4.36. The van der Waals surface area contributed by atoms with E-state index in [-0.39, 0.29) is 35.7 Å². The predicted molar refractivity (Wildman–Crippen MR) is 130 cm³/mol. The highest BCUT2D eigenvalue weighted by Gasteiger charge is 2.63. The highest BCUT2D eigenvalue weighted by molar-refractivity contribution is 6.21. The topological polar surface area (TPSA) is 90.4 Å². The first-order valence-corrected chi connectivity index (χ1v) is 11.2. The molecule has 2 heterocycles. The van der Waals surface area contributed by atoms with E-state index in [4.69, 9.17) is 12.2 Å². The van der Waals surface area contributed by atoms with Gasteiger partial charge in [-0.1, -0.05) is 38.0 Å². The molecule has 0 unspecified atom stereocenters. The van der Waals surface area contributed by atoms with Crippen LogP contribution < -0.4 is 15.5 Å². The molecule has 1 spiro atoms. The second kappa shape index (κ2) is 7.58. The molecule has 6 nitrogen and oxygen atoms in total. The summed E-state index contributed by atoms with van der Waals surface area (Å²) in [6.07, 6.45) is 6.21. The lowest BCUT2D eigenvalue weighted by molar-refractivity contribution is -0.125. The van der Waals surface area contributed by atoms with Crippen LogP contribution in [-0.2, 0) is 15.0 Å². The van der Waals surface area contributed by atoms with E-state index in [0.29, 0.717) is 29.1 Å². The summed E-state index contributed by atoms with van der Waals surface area (Å²) in [6.45, 7) is 3.93. The molecular formula is C28H23FN4O2. The molecule has 2 aliphatic heterocycles.